The van der Waals surface area contributed by atoms with E-state index in [2.05, 4.69) is 16.0 Å². The molecular formula is C23H26N4O3. The second-order valence-corrected chi connectivity index (χ2v) is 8.53. The number of para-hydroxylation sites is 1. The van der Waals surface area contributed by atoms with E-state index in [1.165, 1.54) is 5.56 Å². The van der Waals surface area contributed by atoms with Gasteiger partial charge < -0.3 is 14.5 Å². The molecule has 2 aliphatic rings. The number of hydrogen-bond donors (Lipinski definition) is 0. The lowest BCUT2D eigenvalue weighted by molar-refractivity contribution is 0.0140. The van der Waals surface area contributed by atoms with Crippen molar-refractivity contribution in [1.29, 1.82) is 0 Å². The van der Waals surface area contributed by atoms with Crippen molar-refractivity contribution in [3.8, 4) is 0 Å². The lowest BCUT2D eigenvalue weighted by Gasteiger charge is -2.35. The maximum absolute atomic E-state index is 13.0. The molecule has 7 nitrogen and oxygen atoms in total. The third kappa shape index (κ3) is 4.35. The number of aromatic nitrogens is 1. The molecule has 0 spiro atoms. The quantitative estimate of drug-likeness (QED) is 0.766. The van der Waals surface area contributed by atoms with Crippen LogP contribution in [0.1, 0.15) is 42.5 Å². The first-order valence-electron chi connectivity index (χ1n) is 10.2. The number of rotatable bonds is 2. The number of ether oxygens (including phenoxy) is 1. The molecule has 0 saturated carbocycles. The van der Waals surface area contributed by atoms with E-state index >= 15 is 0 Å². The minimum Gasteiger partial charge on any atom is -0.444 e. The van der Waals surface area contributed by atoms with E-state index in [-0.39, 0.29) is 12.0 Å². The zero-order chi connectivity index (χ0) is 21.3. The van der Waals surface area contributed by atoms with Crippen molar-refractivity contribution in [2.24, 2.45) is 4.99 Å². The normalized spacial score (nSPS) is 16.2. The monoisotopic (exact) mass is 406 g/mol. The van der Waals surface area contributed by atoms with Crippen LogP contribution in [0.15, 0.2) is 47.5 Å². The highest BCUT2D eigenvalue weighted by atomic mass is 16.6. The fourth-order valence-electron chi connectivity index (χ4n) is 3.58. The molecule has 0 aliphatic carbocycles. The fourth-order valence-corrected chi connectivity index (χ4v) is 3.58. The summed E-state index contributed by atoms with van der Waals surface area (Å²) < 4.78 is 5.41. The largest absolute Gasteiger partial charge is 0.444 e. The van der Waals surface area contributed by atoms with Crippen molar-refractivity contribution in [2.75, 3.05) is 26.2 Å². The van der Waals surface area contributed by atoms with Gasteiger partial charge in [0.1, 0.15) is 11.3 Å². The SMILES string of the molecule is CC(C)(C)OC(=O)N1CCN(C(=O)c2cccc(C3=Nc4ccccc4C3)n2)CC1. The maximum atomic E-state index is 13.0. The first-order chi connectivity index (χ1) is 14.3. The zero-order valence-electron chi connectivity index (χ0n) is 17.6. The van der Waals surface area contributed by atoms with Crippen LogP contribution >= 0.6 is 0 Å². The van der Waals surface area contributed by atoms with Crippen molar-refractivity contribution >= 4 is 23.4 Å². The average Bonchev–Trinajstić information content (AvgIpc) is 3.16. The van der Waals surface area contributed by atoms with E-state index < -0.39 is 5.60 Å². The lowest BCUT2D eigenvalue weighted by atomic mass is 10.1. The number of carbonyl (C=O) groups excluding carboxylic acids is 2. The fraction of sp³-hybridized carbons (Fsp3) is 0.391. The smallest absolute Gasteiger partial charge is 0.410 e. The number of fused-ring (bicyclic) bond motifs is 1. The summed E-state index contributed by atoms with van der Waals surface area (Å²) in [6.07, 6.45) is 0.378. The molecule has 2 amide bonds. The second-order valence-electron chi connectivity index (χ2n) is 8.53. The first-order valence-corrected chi connectivity index (χ1v) is 10.2. The van der Waals surface area contributed by atoms with Crippen molar-refractivity contribution < 1.29 is 14.3 Å². The van der Waals surface area contributed by atoms with Gasteiger partial charge in [0, 0.05) is 32.6 Å². The molecule has 0 atom stereocenters. The molecule has 1 aromatic carbocycles. The van der Waals surface area contributed by atoms with Crippen LogP contribution in [0.3, 0.4) is 0 Å². The van der Waals surface area contributed by atoms with E-state index in [4.69, 9.17) is 4.74 Å². The van der Waals surface area contributed by atoms with Crippen molar-refractivity contribution in [3.63, 3.8) is 0 Å². The molecule has 0 radical (unpaired) electrons. The highest BCUT2D eigenvalue weighted by Gasteiger charge is 2.28. The van der Waals surface area contributed by atoms with E-state index in [1.807, 2.05) is 51.1 Å². The Kier molecular flexibility index (Phi) is 5.28. The molecule has 2 aliphatic heterocycles. The molecule has 7 heteroatoms. The van der Waals surface area contributed by atoms with Gasteiger partial charge in [-0.2, -0.15) is 0 Å². The maximum Gasteiger partial charge on any atom is 0.410 e. The predicted molar refractivity (Wildman–Crippen MR) is 114 cm³/mol. The number of hydrogen-bond acceptors (Lipinski definition) is 5. The molecule has 0 unspecified atom stereocenters. The Balaban J connectivity index is 1.41. The van der Waals surface area contributed by atoms with E-state index in [0.717, 1.165) is 23.5 Å². The number of piperazine rings is 1. The average molecular weight is 406 g/mol. The van der Waals surface area contributed by atoms with Crippen LogP contribution < -0.4 is 0 Å². The number of amides is 2. The number of pyridine rings is 1. The van der Waals surface area contributed by atoms with Crippen LogP contribution in [0.25, 0.3) is 0 Å². The van der Waals surface area contributed by atoms with Crippen LogP contribution in [0, 0.1) is 0 Å². The van der Waals surface area contributed by atoms with Crippen LogP contribution in [0.5, 0.6) is 0 Å². The summed E-state index contributed by atoms with van der Waals surface area (Å²) in [4.78, 5) is 37.8. The van der Waals surface area contributed by atoms with E-state index in [9.17, 15) is 9.59 Å². The summed E-state index contributed by atoms with van der Waals surface area (Å²) >= 11 is 0. The summed E-state index contributed by atoms with van der Waals surface area (Å²) in [5, 5.41) is 0. The lowest BCUT2D eigenvalue weighted by Crippen LogP contribution is -2.51. The minimum absolute atomic E-state index is 0.128. The van der Waals surface area contributed by atoms with Crippen molar-refractivity contribution in [3.05, 3.63) is 59.4 Å². The predicted octanol–water partition coefficient (Wildman–Crippen LogP) is 3.45. The summed E-state index contributed by atoms with van der Waals surface area (Å²) in [6, 6.07) is 13.5. The van der Waals surface area contributed by atoms with Crippen LogP contribution in [0.2, 0.25) is 0 Å². The van der Waals surface area contributed by atoms with E-state index in [0.29, 0.717) is 31.9 Å². The Hall–Kier alpha value is -3.22. The molecule has 4 rings (SSSR count). The Labute approximate surface area is 176 Å². The Morgan fingerprint density at radius 1 is 0.933 bits per heavy atom. The third-order valence-electron chi connectivity index (χ3n) is 5.09. The molecule has 3 heterocycles. The van der Waals surface area contributed by atoms with Gasteiger partial charge in [-0.15, -0.1) is 0 Å². The van der Waals surface area contributed by atoms with Crippen molar-refractivity contribution in [2.45, 2.75) is 32.8 Å². The molecule has 1 saturated heterocycles. The minimum atomic E-state index is -0.531. The van der Waals surface area contributed by atoms with Gasteiger partial charge in [-0.05, 0) is 44.5 Å². The van der Waals surface area contributed by atoms with Crippen molar-refractivity contribution in [1.82, 2.24) is 14.8 Å². The number of carbonyl (C=O) groups is 2. The molecule has 1 aromatic heterocycles. The second kappa shape index (κ2) is 7.89. The standard InChI is InChI=1S/C23H26N4O3/c1-23(2,3)30-22(29)27-13-11-26(12-14-27)21(28)19-10-6-9-18(25-19)20-15-16-7-4-5-8-17(16)24-20/h4-10H,11-15H2,1-3H3. The summed E-state index contributed by atoms with van der Waals surface area (Å²) in [5.41, 5.74) is 3.60. The van der Waals surface area contributed by atoms with E-state index in [1.54, 1.807) is 15.9 Å². The third-order valence-corrected chi connectivity index (χ3v) is 5.09. The van der Waals surface area contributed by atoms with Crippen LogP contribution in [-0.4, -0.2) is 64.3 Å². The molecule has 156 valence electrons. The summed E-state index contributed by atoms with van der Waals surface area (Å²) in [7, 11) is 0. The highest BCUT2D eigenvalue weighted by Crippen LogP contribution is 2.28. The molecule has 1 fully saturated rings. The van der Waals surface area contributed by atoms with Gasteiger partial charge in [-0.25, -0.2) is 9.78 Å². The molecule has 2 aromatic rings. The number of nitrogens with zero attached hydrogens (tertiary/aromatic N) is 4. The van der Waals surface area contributed by atoms with Gasteiger partial charge in [0.25, 0.3) is 5.91 Å². The Bertz CT molecular complexity index is 1000. The molecule has 0 N–H and O–H groups in total. The molecular weight excluding hydrogens is 380 g/mol. The Morgan fingerprint density at radius 2 is 1.63 bits per heavy atom. The van der Waals surface area contributed by atoms with Crippen LogP contribution in [-0.2, 0) is 11.2 Å². The van der Waals surface area contributed by atoms with Gasteiger partial charge in [0.2, 0.25) is 0 Å². The summed E-state index contributed by atoms with van der Waals surface area (Å²) in [5.74, 6) is -0.128. The summed E-state index contributed by atoms with van der Waals surface area (Å²) in [6.45, 7) is 7.33. The zero-order valence-corrected chi connectivity index (χ0v) is 17.6. The van der Waals surface area contributed by atoms with Gasteiger partial charge in [0.05, 0.1) is 17.1 Å². The van der Waals surface area contributed by atoms with Gasteiger partial charge >= 0.3 is 6.09 Å². The number of benzene rings is 1. The topological polar surface area (TPSA) is 75.1 Å². The molecule has 0 bridgehead atoms. The van der Waals surface area contributed by atoms with Gasteiger partial charge in [0.15, 0.2) is 0 Å². The van der Waals surface area contributed by atoms with Crippen LogP contribution in [0.4, 0.5) is 10.5 Å². The highest BCUT2D eigenvalue weighted by molar-refractivity contribution is 6.06. The van der Waals surface area contributed by atoms with Gasteiger partial charge in [-0.1, -0.05) is 24.3 Å². The Morgan fingerprint density at radius 3 is 2.33 bits per heavy atom. The first kappa shape index (κ1) is 20.1. The van der Waals surface area contributed by atoms with Gasteiger partial charge in [-0.3, -0.25) is 9.79 Å². The number of aliphatic imine (C=N–C) groups is 1. The molecule has 30 heavy (non-hydrogen) atoms.